The molecule has 5 aromatic rings. The van der Waals surface area contributed by atoms with Gasteiger partial charge in [0.05, 0.1) is 10.5 Å². The van der Waals surface area contributed by atoms with E-state index in [0.717, 1.165) is 16.5 Å². The Morgan fingerprint density at radius 3 is 2.65 bits per heavy atom. The molecule has 9 heteroatoms. The van der Waals surface area contributed by atoms with E-state index in [-0.39, 0.29) is 11.7 Å². The molecule has 0 saturated carbocycles. The lowest BCUT2D eigenvalue weighted by atomic mass is 10.0. The molecule has 0 fully saturated rings. The van der Waals surface area contributed by atoms with E-state index >= 15 is 0 Å². The fourth-order valence-corrected chi connectivity index (χ4v) is 3.64. The van der Waals surface area contributed by atoms with Gasteiger partial charge in [0.1, 0.15) is 22.8 Å². The first-order valence-electron chi connectivity index (χ1n) is 9.50. The third kappa shape index (κ3) is 3.57. The van der Waals surface area contributed by atoms with Gasteiger partial charge >= 0.3 is 0 Å². The van der Waals surface area contributed by atoms with Gasteiger partial charge < -0.3 is 15.0 Å². The van der Waals surface area contributed by atoms with Crippen LogP contribution in [0, 0.1) is 0 Å². The van der Waals surface area contributed by atoms with E-state index in [9.17, 15) is 0 Å². The van der Waals surface area contributed by atoms with Gasteiger partial charge in [-0.3, -0.25) is 9.67 Å². The van der Waals surface area contributed by atoms with Crippen molar-refractivity contribution in [3.05, 3.63) is 66.2 Å². The van der Waals surface area contributed by atoms with E-state index in [0.29, 0.717) is 27.9 Å². The van der Waals surface area contributed by atoms with Gasteiger partial charge in [-0.25, -0.2) is 9.97 Å². The number of hydrogen-bond acceptors (Lipinski definition) is 6. The quantitative estimate of drug-likeness (QED) is 0.451. The molecule has 2 N–H and O–H groups in total. The molecular formula is C22H18ClN7O. The summed E-state index contributed by atoms with van der Waals surface area (Å²) in [4.78, 5) is 13.7. The standard InChI is InChI=1S/C22H18ClN7O/c1-29-8-5-15(12-29)31-22-21(24)26-20(17-6-9-30(2)28-17)19(27-22)14-10-13-4-3-7-25-18(13)16(23)11-14/h3-12H,1-2H3,(H2,24,26). The van der Waals surface area contributed by atoms with Crippen molar-refractivity contribution >= 4 is 28.3 Å². The zero-order valence-electron chi connectivity index (χ0n) is 16.8. The molecule has 0 saturated heterocycles. The highest BCUT2D eigenvalue weighted by Crippen LogP contribution is 2.36. The van der Waals surface area contributed by atoms with Crippen LogP contribution in [-0.2, 0) is 14.1 Å². The van der Waals surface area contributed by atoms with Crippen molar-refractivity contribution in [3.63, 3.8) is 0 Å². The van der Waals surface area contributed by atoms with Gasteiger partial charge in [-0.1, -0.05) is 17.7 Å². The number of fused-ring (bicyclic) bond motifs is 1. The number of halogens is 1. The summed E-state index contributed by atoms with van der Waals surface area (Å²) < 4.78 is 9.49. The molecule has 0 radical (unpaired) electrons. The van der Waals surface area contributed by atoms with Crippen molar-refractivity contribution < 1.29 is 4.74 Å². The third-order valence-corrected chi connectivity index (χ3v) is 5.08. The first-order chi connectivity index (χ1) is 15.0. The van der Waals surface area contributed by atoms with Crippen LogP contribution in [0.5, 0.6) is 11.6 Å². The van der Waals surface area contributed by atoms with Crippen LogP contribution < -0.4 is 10.5 Å². The molecule has 154 valence electrons. The van der Waals surface area contributed by atoms with Gasteiger partial charge in [-0.15, -0.1) is 0 Å². The molecule has 4 aromatic heterocycles. The molecule has 0 aliphatic heterocycles. The monoisotopic (exact) mass is 431 g/mol. The lowest BCUT2D eigenvalue weighted by Crippen LogP contribution is -2.03. The van der Waals surface area contributed by atoms with Crippen LogP contribution >= 0.6 is 11.6 Å². The predicted octanol–water partition coefficient (Wildman–Crippen LogP) is 4.46. The number of hydrogen-bond donors (Lipinski definition) is 1. The molecular weight excluding hydrogens is 414 g/mol. The molecule has 1 aromatic carbocycles. The molecule has 8 nitrogen and oxygen atoms in total. The van der Waals surface area contributed by atoms with Crippen LogP contribution in [0.4, 0.5) is 5.82 Å². The molecule has 0 amide bonds. The Morgan fingerprint density at radius 1 is 1.03 bits per heavy atom. The summed E-state index contributed by atoms with van der Waals surface area (Å²) in [5.74, 6) is 0.992. The number of aromatic nitrogens is 6. The fourth-order valence-electron chi connectivity index (χ4n) is 3.36. The molecule has 5 rings (SSSR count). The van der Waals surface area contributed by atoms with Gasteiger partial charge in [0, 0.05) is 49.8 Å². The van der Waals surface area contributed by atoms with Gasteiger partial charge in [-0.2, -0.15) is 5.10 Å². The maximum Gasteiger partial charge on any atom is 0.263 e. The number of anilines is 1. The second kappa shape index (κ2) is 7.41. The molecule has 0 aliphatic rings. The SMILES string of the molecule is Cn1ccc(Oc2nc(-c3cc(Cl)c4ncccc4c3)c(-c3ccn(C)n3)nc2N)c1. The number of benzene rings is 1. The minimum Gasteiger partial charge on any atom is -0.434 e. The van der Waals surface area contributed by atoms with Gasteiger partial charge in [-0.05, 0) is 30.3 Å². The Hall–Kier alpha value is -3.91. The van der Waals surface area contributed by atoms with E-state index in [4.69, 9.17) is 27.1 Å². The molecule has 0 unspecified atom stereocenters. The van der Waals surface area contributed by atoms with Crippen LogP contribution in [0.1, 0.15) is 0 Å². The number of nitrogens with two attached hydrogens (primary N) is 1. The number of pyridine rings is 1. The van der Waals surface area contributed by atoms with E-state index < -0.39 is 0 Å². The van der Waals surface area contributed by atoms with Crippen LogP contribution in [-0.4, -0.2) is 29.3 Å². The smallest absolute Gasteiger partial charge is 0.263 e. The second-order valence-electron chi connectivity index (χ2n) is 7.13. The molecule has 0 spiro atoms. The summed E-state index contributed by atoms with van der Waals surface area (Å²) >= 11 is 6.53. The second-order valence-corrected chi connectivity index (χ2v) is 7.54. The van der Waals surface area contributed by atoms with Crippen molar-refractivity contribution in [2.45, 2.75) is 0 Å². The zero-order valence-corrected chi connectivity index (χ0v) is 17.6. The Labute approximate surface area is 182 Å². The summed E-state index contributed by atoms with van der Waals surface area (Å²) in [5, 5.41) is 5.89. The molecule has 0 atom stereocenters. The minimum atomic E-state index is 0.168. The maximum atomic E-state index is 6.53. The molecule has 31 heavy (non-hydrogen) atoms. The number of rotatable bonds is 4. The first kappa shape index (κ1) is 19.1. The van der Waals surface area contributed by atoms with Crippen LogP contribution in [0.2, 0.25) is 5.02 Å². The zero-order chi connectivity index (χ0) is 21.5. The number of ether oxygens (including phenoxy) is 1. The molecule has 4 heterocycles. The van der Waals surface area contributed by atoms with Gasteiger partial charge in [0.15, 0.2) is 5.82 Å². The topological polar surface area (TPSA) is 96.7 Å². The Balaban J connectivity index is 1.72. The lowest BCUT2D eigenvalue weighted by Gasteiger charge is -2.13. The first-order valence-corrected chi connectivity index (χ1v) is 9.88. The van der Waals surface area contributed by atoms with E-state index in [1.165, 1.54) is 0 Å². The van der Waals surface area contributed by atoms with Crippen molar-refractivity contribution in [1.29, 1.82) is 0 Å². The van der Waals surface area contributed by atoms with Gasteiger partial charge in [0.2, 0.25) is 0 Å². The molecule has 0 aliphatic carbocycles. The Morgan fingerprint density at radius 2 is 1.90 bits per heavy atom. The highest BCUT2D eigenvalue weighted by Gasteiger charge is 2.20. The summed E-state index contributed by atoms with van der Waals surface area (Å²) in [7, 11) is 3.74. The number of aryl methyl sites for hydroxylation is 2. The van der Waals surface area contributed by atoms with Crippen LogP contribution in [0.15, 0.2) is 61.2 Å². The highest BCUT2D eigenvalue weighted by atomic mass is 35.5. The Kier molecular flexibility index (Phi) is 4.56. The number of nitrogen functional groups attached to an aromatic ring is 1. The third-order valence-electron chi connectivity index (χ3n) is 4.80. The normalized spacial score (nSPS) is 11.2. The largest absolute Gasteiger partial charge is 0.434 e. The Bertz CT molecular complexity index is 1420. The average Bonchev–Trinajstić information content (AvgIpc) is 3.37. The van der Waals surface area contributed by atoms with E-state index in [2.05, 4.69) is 15.1 Å². The predicted molar refractivity (Wildman–Crippen MR) is 120 cm³/mol. The lowest BCUT2D eigenvalue weighted by molar-refractivity contribution is 0.463. The highest BCUT2D eigenvalue weighted by molar-refractivity contribution is 6.35. The summed E-state index contributed by atoms with van der Waals surface area (Å²) in [6, 6.07) is 11.3. The summed E-state index contributed by atoms with van der Waals surface area (Å²) in [6.45, 7) is 0. The number of nitrogens with zero attached hydrogens (tertiary/aromatic N) is 6. The molecule has 0 bridgehead atoms. The van der Waals surface area contributed by atoms with Crippen molar-refractivity contribution in [2.75, 3.05) is 5.73 Å². The van der Waals surface area contributed by atoms with E-state index in [1.807, 2.05) is 73.7 Å². The van der Waals surface area contributed by atoms with E-state index in [1.54, 1.807) is 10.9 Å². The van der Waals surface area contributed by atoms with Crippen molar-refractivity contribution in [2.24, 2.45) is 14.1 Å². The summed E-state index contributed by atoms with van der Waals surface area (Å²) in [5.41, 5.74) is 9.44. The van der Waals surface area contributed by atoms with Gasteiger partial charge in [0.25, 0.3) is 5.88 Å². The summed E-state index contributed by atoms with van der Waals surface area (Å²) in [6.07, 6.45) is 7.24. The van der Waals surface area contributed by atoms with Crippen molar-refractivity contribution in [1.82, 2.24) is 29.3 Å². The fraction of sp³-hybridized carbons (Fsp3) is 0.0909. The van der Waals surface area contributed by atoms with Crippen LogP contribution in [0.25, 0.3) is 33.5 Å². The van der Waals surface area contributed by atoms with Crippen molar-refractivity contribution in [3.8, 4) is 34.3 Å². The van der Waals surface area contributed by atoms with Crippen LogP contribution in [0.3, 0.4) is 0 Å². The minimum absolute atomic E-state index is 0.168. The maximum absolute atomic E-state index is 6.53. The average molecular weight is 432 g/mol.